The number of carbonyl (C=O) groups is 1. The Morgan fingerprint density at radius 1 is 0.880 bits per heavy atom. The van der Waals surface area contributed by atoms with Crippen molar-refractivity contribution in [2.24, 2.45) is 5.73 Å². The largest absolute Gasteiger partial charge is 0.457 e. The lowest BCUT2D eigenvalue weighted by molar-refractivity contribution is -0.138. The molecular weight excluding hydrogens is 376 g/mol. The van der Waals surface area contributed by atoms with E-state index in [1.165, 1.54) is 0 Å². The maximum atomic E-state index is 13.0. The van der Waals surface area contributed by atoms with E-state index in [9.17, 15) is 31.1 Å². The summed E-state index contributed by atoms with van der Waals surface area (Å²) in [7, 11) is 0. The van der Waals surface area contributed by atoms with Crippen LogP contribution in [0, 0.1) is 0 Å². The third kappa shape index (κ3) is 4.36. The van der Waals surface area contributed by atoms with E-state index in [0.717, 1.165) is 24.3 Å². The molecule has 0 saturated carbocycles. The summed E-state index contributed by atoms with van der Waals surface area (Å²) in [6, 6.07) is 4.76. The molecule has 0 heterocycles. The summed E-state index contributed by atoms with van der Waals surface area (Å²) in [6.07, 6.45) is -9.66. The Balaban J connectivity index is 2.43. The summed E-state index contributed by atoms with van der Waals surface area (Å²) in [4.78, 5) is 11.1. The third-order valence-corrected chi connectivity index (χ3v) is 3.37. The van der Waals surface area contributed by atoms with Crippen LogP contribution in [0.25, 0.3) is 0 Å². The van der Waals surface area contributed by atoms with Crippen LogP contribution in [0.2, 0.25) is 5.02 Å². The molecule has 0 aliphatic heterocycles. The van der Waals surface area contributed by atoms with E-state index in [0.29, 0.717) is 12.1 Å². The molecule has 1 amide bonds. The molecule has 0 unspecified atom stereocenters. The van der Waals surface area contributed by atoms with E-state index >= 15 is 0 Å². The van der Waals surface area contributed by atoms with Crippen molar-refractivity contribution in [3.8, 4) is 11.5 Å². The second kappa shape index (κ2) is 6.47. The van der Waals surface area contributed by atoms with Gasteiger partial charge < -0.3 is 10.5 Å². The molecule has 0 aliphatic carbocycles. The molecular formula is C15H8ClF6NO2. The van der Waals surface area contributed by atoms with Crippen LogP contribution in [0.5, 0.6) is 11.5 Å². The van der Waals surface area contributed by atoms with Gasteiger partial charge in [-0.1, -0.05) is 11.6 Å². The number of amides is 1. The molecule has 25 heavy (non-hydrogen) atoms. The van der Waals surface area contributed by atoms with Gasteiger partial charge in [0, 0.05) is 0 Å². The van der Waals surface area contributed by atoms with Crippen LogP contribution in [0.1, 0.15) is 21.5 Å². The summed E-state index contributed by atoms with van der Waals surface area (Å²) in [5, 5.41) is -0.583. The van der Waals surface area contributed by atoms with E-state index < -0.39 is 45.7 Å². The van der Waals surface area contributed by atoms with Crippen molar-refractivity contribution in [3.05, 3.63) is 58.1 Å². The first kappa shape index (κ1) is 18.9. The van der Waals surface area contributed by atoms with Gasteiger partial charge in [0.1, 0.15) is 11.5 Å². The molecule has 0 bridgehead atoms. The van der Waals surface area contributed by atoms with E-state index in [1.807, 2.05) is 0 Å². The number of hydrogen-bond donors (Lipinski definition) is 1. The minimum atomic E-state index is -4.90. The average molecular weight is 384 g/mol. The van der Waals surface area contributed by atoms with Crippen LogP contribution >= 0.6 is 11.6 Å². The fourth-order valence-electron chi connectivity index (χ4n) is 1.96. The number of primary amides is 1. The lowest BCUT2D eigenvalue weighted by Gasteiger charge is -2.14. The zero-order valence-corrected chi connectivity index (χ0v) is 12.8. The highest BCUT2D eigenvalue weighted by Crippen LogP contribution is 2.39. The predicted octanol–water partition coefficient (Wildman–Crippen LogP) is 5.27. The number of carbonyl (C=O) groups excluding carboxylic acids is 1. The van der Waals surface area contributed by atoms with E-state index in [4.69, 9.17) is 22.1 Å². The molecule has 3 nitrogen and oxygen atoms in total. The second-order valence-electron chi connectivity index (χ2n) is 4.81. The molecule has 0 spiro atoms. The smallest absolute Gasteiger partial charge is 0.417 e. The quantitative estimate of drug-likeness (QED) is 0.734. The molecule has 0 aliphatic rings. The van der Waals surface area contributed by atoms with Gasteiger partial charge in [-0.15, -0.1) is 0 Å². The van der Waals surface area contributed by atoms with Crippen LogP contribution in [0.15, 0.2) is 36.4 Å². The van der Waals surface area contributed by atoms with Crippen molar-refractivity contribution < 1.29 is 35.9 Å². The molecule has 0 fully saturated rings. The Bertz CT molecular complexity index is 817. The van der Waals surface area contributed by atoms with Crippen LogP contribution in [0.4, 0.5) is 26.3 Å². The number of hydrogen-bond acceptors (Lipinski definition) is 2. The van der Waals surface area contributed by atoms with Crippen molar-refractivity contribution in [2.45, 2.75) is 12.4 Å². The summed E-state index contributed by atoms with van der Waals surface area (Å²) in [5.74, 6) is -2.10. The molecule has 0 atom stereocenters. The number of halogens is 7. The van der Waals surface area contributed by atoms with Crippen LogP contribution in [-0.4, -0.2) is 5.91 Å². The topological polar surface area (TPSA) is 52.3 Å². The number of alkyl halides is 6. The van der Waals surface area contributed by atoms with Gasteiger partial charge in [-0.25, -0.2) is 0 Å². The SMILES string of the molecule is NC(=O)c1ccc(Oc2ccc(Cl)c(C(F)(F)F)c2)cc1C(F)(F)F. The van der Waals surface area contributed by atoms with Gasteiger partial charge in [-0.2, -0.15) is 26.3 Å². The summed E-state index contributed by atoms with van der Waals surface area (Å²) < 4.78 is 82.3. The second-order valence-corrected chi connectivity index (χ2v) is 5.22. The highest BCUT2D eigenvalue weighted by molar-refractivity contribution is 6.31. The number of benzene rings is 2. The molecule has 0 aromatic heterocycles. The predicted molar refractivity (Wildman–Crippen MR) is 76.5 cm³/mol. The van der Waals surface area contributed by atoms with Crippen molar-refractivity contribution in [1.82, 2.24) is 0 Å². The van der Waals surface area contributed by atoms with E-state index in [1.54, 1.807) is 0 Å². The summed E-state index contributed by atoms with van der Waals surface area (Å²) >= 11 is 5.45. The van der Waals surface area contributed by atoms with Crippen LogP contribution < -0.4 is 10.5 Å². The Kier molecular flexibility index (Phi) is 4.90. The van der Waals surface area contributed by atoms with E-state index in [-0.39, 0.29) is 5.75 Å². The average Bonchev–Trinajstić information content (AvgIpc) is 2.47. The minimum Gasteiger partial charge on any atom is -0.457 e. The maximum Gasteiger partial charge on any atom is 0.417 e. The van der Waals surface area contributed by atoms with Gasteiger partial charge in [0.05, 0.1) is 21.7 Å². The molecule has 134 valence electrons. The Labute approximate surface area is 141 Å². The summed E-state index contributed by atoms with van der Waals surface area (Å²) in [5.41, 5.74) is 1.54. The van der Waals surface area contributed by atoms with Gasteiger partial charge in [-0.3, -0.25) is 4.79 Å². The monoisotopic (exact) mass is 383 g/mol. The van der Waals surface area contributed by atoms with Crippen LogP contribution in [-0.2, 0) is 12.4 Å². The molecule has 10 heteroatoms. The van der Waals surface area contributed by atoms with Crippen molar-refractivity contribution in [3.63, 3.8) is 0 Å². The minimum absolute atomic E-state index is 0.378. The van der Waals surface area contributed by atoms with Gasteiger partial charge in [-0.05, 0) is 36.4 Å². The van der Waals surface area contributed by atoms with Crippen LogP contribution in [0.3, 0.4) is 0 Å². The number of rotatable bonds is 3. The maximum absolute atomic E-state index is 13.0. The van der Waals surface area contributed by atoms with Crippen molar-refractivity contribution in [1.29, 1.82) is 0 Å². The fraction of sp³-hybridized carbons (Fsp3) is 0.133. The molecule has 2 rings (SSSR count). The van der Waals surface area contributed by atoms with Gasteiger partial charge >= 0.3 is 12.4 Å². The fourth-order valence-corrected chi connectivity index (χ4v) is 2.18. The Hall–Kier alpha value is -2.42. The zero-order chi connectivity index (χ0) is 19.0. The first-order chi connectivity index (χ1) is 11.4. The highest BCUT2D eigenvalue weighted by atomic mass is 35.5. The van der Waals surface area contributed by atoms with E-state index in [2.05, 4.69) is 0 Å². The molecule has 0 saturated heterocycles. The Morgan fingerprint density at radius 3 is 1.84 bits per heavy atom. The normalized spacial score (nSPS) is 12.1. The lowest BCUT2D eigenvalue weighted by Crippen LogP contribution is -2.18. The molecule has 0 radical (unpaired) electrons. The van der Waals surface area contributed by atoms with Gasteiger partial charge in [0.15, 0.2) is 0 Å². The highest BCUT2D eigenvalue weighted by Gasteiger charge is 2.36. The first-order valence-electron chi connectivity index (χ1n) is 6.45. The standard InChI is InChI=1S/C15H8ClF6NO2/c16-12-4-2-8(6-11(12)15(20,21)22)25-7-1-3-9(13(23)24)10(5-7)14(17,18)19/h1-6H,(H2,23,24). The van der Waals surface area contributed by atoms with Gasteiger partial charge in [0.25, 0.3) is 0 Å². The third-order valence-electron chi connectivity index (χ3n) is 3.04. The summed E-state index contributed by atoms with van der Waals surface area (Å²) in [6.45, 7) is 0. The van der Waals surface area contributed by atoms with Crippen molar-refractivity contribution >= 4 is 17.5 Å². The lowest BCUT2D eigenvalue weighted by atomic mass is 10.1. The Morgan fingerprint density at radius 2 is 1.36 bits per heavy atom. The molecule has 2 aromatic rings. The number of ether oxygens (including phenoxy) is 1. The van der Waals surface area contributed by atoms with Crippen molar-refractivity contribution in [2.75, 3.05) is 0 Å². The number of nitrogens with two attached hydrogens (primary N) is 1. The molecule has 2 aromatic carbocycles. The van der Waals surface area contributed by atoms with Gasteiger partial charge in [0.2, 0.25) is 5.91 Å². The molecule has 2 N–H and O–H groups in total. The zero-order valence-electron chi connectivity index (χ0n) is 12.0. The first-order valence-corrected chi connectivity index (χ1v) is 6.83.